The van der Waals surface area contributed by atoms with Crippen LogP contribution in [0.1, 0.15) is 65.8 Å². The fourth-order valence-electron chi connectivity index (χ4n) is 4.97. The second-order valence-corrected chi connectivity index (χ2v) is 11.5. The normalized spacial score (nSPS) is 17.2. The monoisotopic (exact) mass is 518 g/mol. The number of aromatic nitrogens is 3. The van der Waals surface area contributed by atoms with Crippen LogP contribution in [0, 0.1) is 5.92 Å². The summed E-state index contributed by atoms with van der Waals surface area (Å²) in [5.74, 6) is -1.27. The van der Waals surface area contributed by atoms with Crippen molar-refractivity contribution in [2.24, 2.45) is 11.7 Å². The molecule has 1 fully saturated rings. The van der Waals surface area contributed by atoms with Crippen molar-refractivity contribution >= 4 is 27.7 Å². The minimum atomic E-state index is -3.82. The summed E-state index contributed by atoms with van der Waals surface area (Å²) in [6.45, 7) is 1.29. The van der Waals surface area contributed by atoms with Crippen LogP contribution in [0.3, 0.4) is 0 Å². The van der Waals surface area contributed by atoms with E-state index in [1.165, 1.54) is 16.4 Å². The van der Waals surface area contributed by atoms with E-state index in [2.05, 4.69) is 26.2 Å². The molecule has 196 valence electrons. The lowest BCUT2D eigenvalue weighted by Crippen LogP contribution is -2.44. The number of fused-ring (bicyclic) bond motifs is 1. The predicted molar refractivity (Wildman–Crippen MR) is 134 cm³/mol. The molecule has 0 bridgehead atoms. The van der Waals surface area contributed by atoms with Gasteiger partial charge in [-0.1, -0.05) is 25.3 Å². The van der Waals surface area contributed by atoms with Gasteiger partial charge in [-0.05, 0) is 43.2 Å². The molecule has 1 aliphatic carbocycles. The van der Waals surface area contributed by atoms with Crippen LogP contribution in [-0.4, -0.2) is 58.5 Å². The first-order valence-electron chi connectivity index (χ1n) is 12.5. The minimum absolute atomic E-state index is 0.0264. The summed E-state index contributed by atoms with van der Waals surface area (Å²) in [6.07, 6.45) is 8.52. The van der Waals surface area contributed by atoms with E-state index < -0.39 is 27.9 Å². The number of carbonyl (C=O) groups is 2. The molecule has 1 atom stereocenters. The second kappa shape index (κ2) is 11.4. The Morgan fingerprint density at radius 3 is 2.72 bits per heavy atom. The van der Waals surface area contributed by atoms with E-state index in [9.17, 15) is 23.1 Å². The molecular formula is C24H34N6O5S. The van der Waals surface area contributed by atoms with Crippen LogP contribution in [0.2, 0.25) is 0 Å². The molecule has 3 heterocycles. The van der Waals surface area contributed by atoms with Crippen LogP contribution in [0.15, 0.2) is 18.3 Å². The molecule has 0 spiro atoms. The fraction of sp³-hybridized carbons (Fsp3) is 0.583. The van der Waals surface area contributed by atoms with Gasteiger partial charge in [0.1, 0.15) is 11.9 Å². The smallest absolute Gasteiger partial charge is 0.322 e. The van der Waals surface area contributed by atoms with Crippen LogP contribution < -0.4 is 15.8 Å². The molecule has 36 heavy (non-hydrogen) atoms. The second-order valence-electron chi connectivity index (χ2n) is 9.71. The summed E-state index contributed by atoms with van der Waals surface area (Å²) in [5.41, 5.74) is 7.79. The van der Waals surface area contributed by atoms with Gasteiger partial charge in [-0.15, -0.1) is 0 Å². The largest absolute Gasteiger partial charge is 0.480 e. The summed E-state index contributed by atoms with van der Waals surface area (Å²) < 4.78 is 29.2. The van der Waals surface area contributed by atoms with E-state index in [1.807, 2.05) is 6.07 Å². The Bertz CT molecular complexity index is 1210. The highest BCUT2D eigenvalue weighted by Crippen LogP contribution is 2.25. The number of carboxylic acids is 1. The van der Waals surface area contributed by atoms with Gasteiger partial charge in [0.25, 0.3) is 5.91 Å². The van der Waals surface area contributed by atoms with E-state index in [1.54, 1.807) is 0 Å². The van der Waals surface area contributed by atoms with Crippen molar-refractivity contribution in [1.29, 1.82) is 0 Å². The summed E-state index contributed by atoms with van der Waals surface area (Å²) in [5, 5.41) is 17.4. The number of anilines is 1. The molecule has 2 aromatic rings. The molecule has 2 aliphatic rings. The minimum Gasteiger partial charge on any atom is -0.480 e. The number of carbonyl (C=O) groups excluding carboxylic acids is 1. The molecule has 5 N–H and O–H groups in total. The topological polar surface area (TPSA) is 169 Å². The molecule has 0 aromatic carbocycles. The molecule has 1 saturated carbocycles. The molecule has 11 nitrogen and oxygen atoms in total. The number of nitrogens with one attached hydrogen (secondary N) is 2. The summed E-state index contributed by atoms with van der Waals surface area (Å²) in [6, 6.07) is 2.57. The van der Waals surface area contributed by atoms with Gasteiger partial charge < -0.3 is 16.2 Å². The van der Waals surface area contributed by atoms with Crippen molar-refractivity contribution in [3.05, 3.63) is 40.8 Å². The summed E-state index contributed by atoms with van der Waals surface area (Å²) in [4.78, 5) is 28.6. The molecule has 0 saturated heterocycles. The molecule has 12 heteroatoms. The zero-order chi connectivity index (χ0) is 25.7. The Hall–Kier alpha value is -2.99. The lowest BCUT2D eigenvalue weighted by molar-refractivity contribution is -0.138. The average Bonchev–Trinajstić information content (AvgIpc) is 3.25. The number of pyridine rings is 1. The fourth-order valence-corrected chi connectivity index (χ4v) is 6.64. The number of aliphatic carboxylic acids is 1. The van der Waals surface area contributed by atoms with Gasteiger partial charge in [0.2, 0.25) is 10.0 Å². The Labute approximate surface area is 210 Å². The lowest BCUT2D eigenvalue weighted by atomic mass is 9.91. The first kappa shape index (κ1) is 26.1. The molecule has 0 unspecified atom stereocenters. The Morgan fingerprint density at radius 2 is 2.00 bits per heavy atom. The van der Waals surface area contributed by atoms with Gasteiger partial charge in [-0.2, -0.15) is 5.10 Å². The van der Waals surface area contributed by atoms with E-state index in [0.717, 1.165) is 63.0 Å². The zero-order valence-electron chi connectivity index (χ0n) is 20.3. The molecule has 0 radical (unpaired) electrons. The van der Waals surface area contributed by atoms with E-state index in [0.29, 0.717) is 13.0 Å². The number of hydrogen-bond donors (Lipinski definition) is 4. The number of nitrogens with zero attached hydrogens (tertiary/aromatic N) is 3. The van der Waals surface area contributed by atoms with Gasteiger partial charge in [0.15, 0.2) is 0 Å². The van der Waals surface area contributed by atoms with Gasteiger partial charge in [0, 0.05) is 37.8 Å². The quantitative estimate of drug-likeness (QED) is 0.347. The molecule has 4 rings (SSSR count). The SMILES string of the molecule is NC(=O)c1cn(CCc2ccc3c(n2)NCCC3)nc1C[C@H](NS(=O)(=O)CC1CCCCC1)C(=O)O. The van der Waals surface area contributed by atoms with Crippen molar-refractivity contribution in [2.45, 2.75) is 70.4 Å². The lowest BCUT2D eigenvalue weighted by Gasteiger charge is -2.22. The third-order valence-corrected chi connectivity index (χ3v) is 8.40. The van der Waals surface area contributed by atoms with E-state index in [-0.39, 0.29) is 29.3 Å². The number of amides is 1. The van der Waals surface area contributed by atoms with Gasteiger partial charge in [-0.3, -0.25) is 14.3 Å². The summed E-state index contributed by atoms with van der Waals surface area (Å²) in [7, 11) is -3.82. The Balaban J connectivity index is 1.44. The summed E-state index contributed by atoms with van der Waals surface area (Å²) >= 11 is 0. The standard InChI is InChI=1S/C24H34N6O5S/c25-22(31)19-14-30(12-10-18-9-8-17-7-4-11-26-23(17)27-18)28-20(19)13-21(24(32)33)29-36(34,35)15-16-5-2-1-3-6-16/h8-9,14,16,21,29H,1-7,10-13,15H2,(H2,25,31)(H,26,27)(H,32,33)/t21-/m0/s1. The van der Waals surface area contributed by atoms with Crippen molar-refractivity contribution in [3.8, 4) is 0 Å². The number of aryl methyl sites for hydroxylation is 3. The number of primary amides is 1. The highest BCUT2D eigenvalue weighted by Gasteiger charge is 2.29. The number of nitrogens with two attached hydrogens (primary N) is 1. The highest BCUT2D eigenvalue weighted by molar-refractivity contribution is 7.89. The maximum atomic E-state index is 12.7. The van der Waals surface area contributed by atoms with Gasteiger partial charge in [-0.25, -0.2) is 18.1 Å². The van der Waals surface area contributed by atoms with Crippen molar-refractivity contribution in [3.63, 3.8) is 0 Å². The number of sulfonamides is 1. The van der Waals surface area contributed by atoms with Crippen molar-refractivity contribution in [1.82, 2.24) is 19.5 Å². The maximum absolute atomic E-state index is 12.7. The Kier molecular flexibility index (Phi) is 8.24. The van der Waals surface area contributed by atoms with Crippen LogP contribution in [0.25, 0.3) is 0 Å². The van der Waals surface area contributed by atoms with Crippen molar-refractivity contribution in [2.75, 3.05) is 17.6 Å². The van der Waals surface area contributed by atoms with Gasteiger partial charge in [0.05, 0.1) is 17.0 Å². The number of rotatable bonds is 11. The maximum Gasteiger partial charge on any atom is 0.322 e. The molecule has 1 aliphatic heterocycles. The predicted octanol–water partition coefficient (Wildman–Crippen LogP) is 1.47. The van der Waals surface area contributed by atoms with E-state index in [4.69, 9.17) is 5.73 Å². The van der Waals surface area contributed by atoms with Gasteiger partial charge >= 0.3 is 5.97 Å². The number of hydrogen-bond acceptors (Lipinski definition) is 7. The van der Waals surface area contributed by atoms with Crippen molar-refractivity contribution < 1.29 is 23.1 Å². The zero-order valence-corrected chi connectivity index (χ0v) is 21.1. The molecule has 2 aromatic heterocycles. The highest BCUT2D eigenvalue weighted by atomic mass is 32.2. The van der Waals surface area contributed by atoms with Crippen LogP contribution in [0.5, 0.6) is 0 Å². The first-order valence-corrected chi connectivity index (χ1v) is 14.2. The molecule has 1 amide bonds. The first-order chi connectivity index (χ1) is 17.2. The third kappa shape index (κ3) is 6.82. The van der Waals surface area contributed by atoms with E-state index >= 15 is 0 Å². The van der Waals surface area contributed by atoms with Crippen LogP contribution in [-0.2, 0) is 40.6 Å². The van der Waals surface area contributed by atoms with Crippen LogP contribution in [0.4, 0.5) is 5.82 Å². The molecular weight excluding hydrogens is 484 g/mol. The third-order valence-electron chi connectivity index (χ3n) is 6.85. The van der Waals surface area contributed by atoms with Crippen LogP contribution >= 0.6 is 0 Å². The average molecular weight is 519 g/mol. The number of carboxylic acid groups (broad SMARTS) is 1. The Morgan fingerprint density at radius 1 is 1.22 bits per heavy atom.